The average Bonchev–Trinajstić information content (AvgIpc) is 2.62. The van der Waals surface area contributed by atoms with Crippen LogP contribution in [-0.2, 0) is 19.6 Å². The number of hydrogen-bond acceptors (Lipinski definition) is 4. The maximum Gasteiger partial charge on any atom is 0.305 e. The highest BCUT2D eigenvalue weighted by Gasteiger charge is 2.39. The molecule has 0 aromatic carbocycles. The van der Waals surface area contributed by atoms with Crippen LogP contribution in [0.1, 0.15) is 46.0 Å². The number of carboxylic acids is 1. The summed E-state index contributed by atoms with van der Waals surface area (Å²) in [6.45, 7) is 3.79. The Hall–Kier alpha value is -0.660. The Morgan fingerprint density at radius 3 is 2.42 bits per heavy atom. The predicted molar refractivity (Wildman–Crippen MR) is 71.5 cm³/mol. The monoisotopic (exact) mass is 293 g/mol. The second-order valence-corrected chi connectivity index (χ2v) is 7.24. The first-order valence-corrected chi connectivity index (χ1v) is 8.25. The van der Waals surface area contributed by atoms with Crippen molar-refractivity contribution in [1.82, 2.24) is 4.72 Å². The number of ether oxygens (including phenoxy) is 1. The lowest BCUT2D eigenvalue weighted by atomic mass is 9.95. The second kappa shape index (κ2) is 6.67. The van der Waals surface area contributed by atoms with E-state index >= 15 is 0 Å². The van der Waals surface area contributed by atoms with Gasteiger partial charge in [-0.1, -0.05) is 12.8 Å². The molecule has 0 atom stereocenters. The van der Waals surface area contributed by atoms with Gasteiger partial charge in [0.05, 0.1) is 24.9 Å². The summed E-state index contributed by atoms with van der Waals surface area (Å²) in [7, 11) is -3.50. The predicted octanol–water partition coefficient (Wildman–Crippen LogP) is 1.12. The Morgan fingerprint density at radius 1 is 1.37 bits per heavy atom. The van der Waals surface area contributed by atoms with Crippen molar-refractivity contribution in [1.29, 1.82) is 0 Å². The zero-order valence-electron chi connectivity index (χ0n) is 11.5. The van der Waals surface area contributed by atoms with Gasteiger partial charge in [0.15, 0.2) is 0 Å². The molecule has 0 aliphatic heterocycles. The molecule has 1 aliphatic rings. The number of hydrogen-bond donors (Lipinski definition) is 2. The Kier molecular flexibility index (Phi) is 5.76. The number of aliphatic carboxylic acids is 1. The smallest absolute Gasteiger partial charge is 0.305 e. The summed E-state index contributed by atoms with van der Waals surface area (Å²) in [5, 5.41) is 8.93. The number of nitrogens with one attached hydrogen (secondary N) is 1. The van der Waals surface area contributed by atoms with Crippen molar-refractivity contribution >= 4 is 16.0 Å². The standard InChI is InChI=1S/C12H23NO5S/c1-10(2)18-7-8-19(16,17)13-12(9-11(14)15)5-3-4-6-12/h10,13H,3-9H2,1-2H3,(H,14,15). The van der Waals surface area contributed by atoms with Crippen molar-refractivity contribution in [3.8, 4) is 0 Å². The maximum absolute atomic E-state index is 12.0. The van der Waals surface area contributed by atoms with E-state index in [1.54, 1.807) is 0 Å². The largest absolute Gasteiger partial charge is 0.481 e. The van der Waals surface area contributed by atoms with E-state index in [0.717, 1.165) is 12.8 Å². The Bertz CT molecular complexity index is 398. The molecule has 0 amide bonds. The Balaban J connectivity index is 2.60. The lowest BCUT2D eigenvalue weighted by molar-refractivity contribution is -0.138. The molecule has 0 bridgehead atoms. The highest BCUT2D eigenvalue weighted by atomic mass is 32.2. The zero-order valence-corrected chi connectivity index (χ0v) is 12.3. The normalized spacial score (nSPS) is 18.9. The minimum atomic E-state index is -3.50. The van der Waals surface area contributed by atoms with Crippen LogP contribution in [0.25, 0.3) is 0 Å². The quantitative estimate of drug-likeness (QED) is 0.699. The number of rotatable bonds is 8. The molecule has 0 spiro atoms. The number of sulfonamides is 1. The van der Waals surface area contributed by atoms with Gasteiger partial charge in [-0.2, -0.15) is 0 Å². The molecule has 0 saturated heterocycles. The van der Waals surface area contributed by atoms with Crippen LogP contribution >= 0.6 is 0 Å². The molecule has 0 heterocycles. The van der Waals surface area contributed by atoms with Crippen molar-refractivity contribution in [3.63, 3.8) is 0 Å². The highest BCUT2D eigenvalue weighted by molar-refractivity contribution is 7.89. The first kappa shape index (κ1) is 16.4. The van der Waals surface area contributed by atoms with E-state index in [1.165, 1.54) is 0 Å². The van der Waals surface area contributed by atoms with Gasteiger partial charge in [-0.15, -0.1) is 0 Å². The molecule has 0 unspecified atom stereocenters. The van der Waals surface area contributed by atoms with Crippen LogP contribution in [-0.4, -0.2) is 43.5 Å². The van der Waals surface area contributed by atoms with Crippen LogP contribution < -0.4 is 4.72 Å². The van der Waals surface area contributed by atoms with Crippen LogP contribution in [0.4, 0.5) is 0 Å². The van der Waals surface area contributed by atoms with Crippen molar-refractivity contribution in [2.24, 2.45) is 0 Å². The zero-order chi connectivity index (χ0) is 14.5. The lowest BCUT2D eigenvalue weighted by Gasteiger charge is -2.28. The van der Waals surface area contributed by atoms with Gasteiger partial charge in [0.25, 0.3) is 0 Å². The van der Waals surface area contributed by atoms with E-state index in [0.29, 0.717) is 12.8 Å². The van der Waals surface area contributed by atoms with E-state index < -0.39 is 21.5 Å². The third-order valence-corrected chi connectivity index (χ3v) is 4.67. The van der Waals surface area contributed by atoms with Gasteiger partial charge in [0, 0.05) is 5.54 Å². The summed E-state index contributed by atoms with van der Waals surface area (Å²) < 4.78 is 31.7. The molecule has 0 aromatic rings. The van der Waals surface area contributed by atoms with E-state index in [4.69, 9.17) is 9.84 Å². The minimum Gasteiger partial charge on any atom is -0.481 e. The van der Waals surface area contributed by atoms with Crippen LogP contribution in [0.15, 0.2) is 0 Å². The molecule has 1 fully saturated rings. The summed E-state index contributed by atoms with van der Waals surface area (Å²) in [5.74, 6) is -1.10. The van der Waals surface area contributed by atoms with Gasteiger partial charge < -0.3 is 9.84 Å². The average molecular weight is 293 g/mol. The van der Waals surface area contributed by atoms with Gasteiger partial charge in [0.2, 0.25) is 10.0 Å². The third-order valence-electron chi connectivity index (χ3n) is 3.23. The number of carbonyl (C=O) groups is 1. The van der Waals surface area contributed by atoms with Gasteiger partial charge in [-0.25, -0.2) is 13.1 Å². The summed E-state index contributed by atoms with van der Waals surface area (Å²) in [6, 6.07) is 0. The highest BCUT2D eigenvalue weighted by Crippen LogP contribution is 2.33. The SMILES string of the molecule is CC(C)OCCS(=O)(=O)NC1(CC(=O)O)CCCC1. The fourth-order valence-electron chi connectivity index (χ4n) is 2.43. The van der Waals surface area contributed by atoms with E-state index in [-0.39, 0.29) is 24.9 Å². The molecule has 112 valence electrons. The van der Waals surface area contributed by atoms with Gasteiger partial charge >= 0.3 is 5.97 Å². The molecular weight excluding hydrogens is 270 g/mol. The van der Waals surface area contributed by atoms with Gasteiger partial charge in [-0.3, -0.25) is 4.79 Å². The van der Waals surface area contributed by atoms with Crippen LogP contribution in [0, 0.1) is 0 Å². The molecule has 6 nitrogen and oxygen atoms in total. The Labute approximate surface area is 114 Å². The molecule has 0 aromatic heterocycles. The molecule has 19 heavy (non-hydrogen) atoms. The molecule has 0 radical (unpaired) electrons. The van der Waals surface area contributed by atoms with E-state index in [2.05, 4.69) is 4.72 Å². The molecule has 1 rings (SSSR count). The maximum atomic E-state index is 12.0. The molecule has 1 aliphatic carbocycles. The summed E-state index contributed by atoms with van der Waals surface area (Å²) >= 11 is 0. The van der Waals surface area contributed by atoms with Crippen LogP contribution in [0.5, 0.6) is 0 Å². The van der Waals surface area contributed by atoms with E-state index in [9.17, 15) is 13.2 Å². The molecule has 7 heteroatoms. The van der Waals surface area contributed by atoms with Crippen LogP contribution in [0.3, 0.4) is 0 Å². The van der Waals surface area contributed by atoms with Crippen molar-refractivity contribution in [3.05, 3.63) is 0 Å². The van der Waals surface area contributed by atoms with Crippen molar-refractivity contribution in [2.75, 3.05) is 12.4 Å². The number of carboxylic acid groups (broad SMARTS) is 1. The fraction of sp³-hybridized carbons (Fsp3) is 0.917. The summed E-state index contributed by atoms with van der Waals surface area (Å²) in [6.07, 6.45) is 2.72. The first-order chi connectivity index (χ1) is 8.75. The lowest BCUT2D eigenvalue weighted by Crippen LogP contribution is -2.48. The van der Waals surface area contributed by atoms with Gasteiger partial charge in [0.1, 0.15) is 0 Å². The summed E-state index contributed by atoms with van der Waals surface area (Å²) in [5.41, 5.74) is -0.803. The topological polar surface area (TPSA) is 92.7 Å². The van der Waals surface area contributed by atoms with Crippen molar-refractivity contribution < 1.29 is 23.1 Å². The fourth-order valence-corrected chi connectivity index (χ4v) is 3.78. The summed E-state index contributed by atoms with van der Waals surface area (Å²) in [4.78, 5) is 10.9. The Morgan fingerprint density at radius 2 is 1.95 bits per heavy atom. The molecule has 2 N–H and O–H groups in total. The van der Waals surface area contributed by atoms with Crippen LogP contribution in [0.2, 0.25) is 0 Å². The third kappa shape index (κ3) is 5.88. The minimum absolute atomic E-state index is 0.0188. The van der Waals surface area contributed by atoms with Gasteiger partial charge in [-0.05, 0) is 26.7 Å². The van der Waals surface area contributed by atoms with E-state index in [1.807, 2.05) is 13.8 Å². The first-order valence-electron chi connectivity index (χ1n) is 6.60. The molecular formula is C12H23NO5S. The molecule has 1 saturated carbocycles. The second-order valence-electron chi connectivity index (χ2n) is 5.40. The van der Waals surface area contributed by atoms with Crippen molar-refractivity contribution in [2.45, 2.75) is 57.6 Å².